The van der Waals surface area contributed by atoms with Crippen molar-refractivity contribution in [2.45, 2.75) is 25.5 Å². The number of piperidine rings is 1. The number of hydrogen-bond acceptors (Lipinski definition) is 3. The zero-order chi connectivity index (χ0) is 16.7. The number of aryl methyl sites for hydroxylation is 1. The average molecular weight is 335 g/mol. The predicted molar refractivity (Wildman–Crippen MR) is 94.2 cm³/mol. The number of urea groups is 1. The van der Waals surface area contributed by atoms with Crippen LogP contribution in [0.3, 0.4) is 0 Å². The summed E-state index contributed by atoms with van der Waals surface area (Å²) in [5, 5.41) is 2.97. The van der Waals surface area contributed by atoms with E-state index in [1.54, 1.807) is 4.90 Å². The van der Waals surface area contributed by atoms with Gasteiger partial charge in [-0.05, 0) is 30.9 Å². The molecule has 0 radical (unpaired) electrons. The van der Waals surface area contributed by atoms with Crippen molar-refractivity contribution in [3.05, 3.63) is 35.4 Å². The molecule has 126 valence electrons. The van der Waals surface area contributed by atoms with Gasteiger partial charge in [0.25, 0.3) is 0 Å². The molecule has 1 unspecified atom stereocenters. The fourth-order valence-electron chi connectivity index (χ4n) is 2.74. The third-order valence-electron chi connectivity index (χ3n) is 4.17. The Hall–Kier alpha value is -1.69. The minimum atomic E-state index is -0.434. The first-order chi connectivity index (χ1) is 11.1. The summed E-state index contributed by atoms with van der Waals surface area (Å²) in [5.41, 5.74) is 7.93. The minimum absolute atomic E-state index is 0.0347. The van der Waals surface area contributed by atoms with Gasteiger partial charge in [-0.15, -0.1) is 0 Å². The maximum Gasteiger partial charge on any atom is 0.314 e. The van der Waals surface area contributed by atoms with Crippen LogP contribution in [0.25, 0.3) is 0 Å². The first-order valence-corrected chi connectivity index (χ1v) is 9.17. The van der Waals surface area contributed by atoms with Crippen LogP contribution in [0.5, 0.6) is 0 Å². The Bertz CT molecular complexity index is 550. The van der Waals surface area contributed by atoms with Crippen LogP contribution in [0.2, 0.25) is 0 Å². The number of rotatable bonds is 6. The highest BCUT2D eigenvalue weighted by atomic mass is 32.2. The van der Waals surface area contributed by atoms with E-state index < -0.39 is 6.03 Å². The number of nitrogens with one attached hydrogen (secondary N) is 1. The highest BCUT2D eigenvalue weighted by Gasteiger charge is 2.26. The number of likely N-dealkylation sites (tertiary alicyclic amines) is 1. The average Bonchev–Trinajstić information content (AvgIpc) is 2.56. The molecule has 1 fully saturated rings. The molecule has 23 heavy (non-hydrogen) atoms. The first-order valence-electron chi connectivity index (χ1n) is 8.02. The van der Waals surface area contributed by atoms with Gasteiger partial charge < -0.3 is 16.0 Å². The van der Waals surface area contributed by atoms with Crippen LogP contribution >= 0.6 is 11.8 Å². The number of amides is 3. The zero-order valence-electron chi connectivity index (χ0n) is 13.6. The van der Waals surface area contributed by atoms with Gasteiger partial charge in [0.05, 0.1) is 5.92 Å². The molecule has 1 saturated heterocycles. The Morgan fingerprint density at radius 2 is 2.17 bits per heavy atom. The van der Waals surface area contributed by atoms with E-state index in [-0.39, 0.29) is 11.8 Å². The topological polar surface area (TPSA) is 75.4 Å². The molecule has 0 saturated carbocycles. The van der Waals surface area contributed by atoms with E-state index >= 15 is 0 Å². The van der Waals surface area contributed by atoms with E-state index in [1.807, 2.05) is 17.8 Å². The molecular weight excluding hydrogens is 310 g/mol. The second-order valence-electron chi connectivity index (χ2n) is 5.89. The van der Waals surface area contributed by atoms with Crippen LogP contribution in [-0.2, 0) is 10.5 Å². The summed E-state index contributed by atoms with van der Waals surface area (Å²) in [6, 6.07) is 7.92. The number of carbonyl (C=O) groups is 2. The number of primary amides is 1. The molecule has 1 aliphatic rings. The highest BCUT2D eigenvalue weighted by Crippen LogP contribution is 2.17. The van der Waals surface area contributed by atoms with Crippen molar-refractivity contribution in [3.8, 4) is 0 Å². The van der Waals surface area contributed by atoms with E-state index in [0.717, 1.165) is 24.3 Å². The summed E-state index contributed by atoms with van der Waals surface area (Å²) in [4.78, 5) is 24.9. The number of benzene rings is 1. The van der Waals surface area contributed by atoms with Crippen molar-refractivity contribution in [1.29, 1.82) is 0 Å². The molecule has 3 N–H and O–H groups in total. The third-order valence-corrected chi connectivity index (χ3v) is 5.18. The van der Waals surface area contributed by atoms with Crippen LogP contribution in [0, 0.1) is 12.8 Å². The Kier molecular flexibility index (Phi) is 6.77. The standard InChI is InChI=1S/C17H25N3O2S/c1-13-5-2-3-6-15(13)12-23-10-8-19-16(21)14-7-4-9-20(11-14)17(18)22/h2-3,5-6,14H,4,7-12H2,1H3,(H2,18,22)(H,19,21). The van der Waals surface area contributed by atoms with Gasteiger partial charge >= 0.3 is 6.03 Å². The van der Waals surface area contributed by atoms with Crippen LogP contribution < -0.4 is 11.1 Å². The van der Waals surface area contributed by atoms with Gasteiger partial charge in [0.15, 0.2) is 0 Å². The molecule has 0 spiro atoms. The Morgan fingerprint density at radius 1 is 1.39 bits per heavy atom. The van der Waals surface area contributed by atoms with Crippen LogP contribution in [0.4, 0.5) is 4.79 Å². The molecule has 1 aromatic rings. The Labute approximate surface area is 142 Å². The summed E-state index contributed by atoms with van der Waals surface area (Å²) >= 11 is 1.82. The normalized spacial score (nSPS) is 17.8. The number of hydrogen-bond donors (Lipinski definition) is 2. The van der Waals surface area contributed by atoms with Crippen molar-refractivity contribution >= 4 is 23.7 Å². The Balaban J connectivity index is 1.65. The fraction of sp³-hybridized carbons (Fsp3) is 0.529. The summed E-state index contributed by atoms with van der Waals surface area (Å²) in [6.07, 6.45) is 1.66. The van der Waals surface area contributed by atoms with Gasteiger partial charge in [0.2, 0.25) is 5.91 Å². The van der Waals surface area contributed by atoms with E-state index in [2.05, 4.69) is 30.4 Å². The molecule has 1 aromatic carbocycles. The summed E-state index contributed by atoms with van der Waals surface area (Å²) in [7, 11) is 0. The summed E-state index contributed by atoms with van der Waals surface area (Å²) < 4.78 is 0. The fourth-order valence-corrected chi connectivity index (χ4v) is 3.67. The molecular formula is C17H25N3O2S. The van der Waals surface area contributed by atoms with E-state index in [9.17, 15) is 9.59 Å². The number of thioether (sulfide) groups is 1. The SMILES string of the molecule is Cc1ccccc1CSCCNC(=O)C1CCCN(C(N)=O)C1. The highest BCUT2D eigenvalue weighted by molar-refractivity contribution is 7.98. The largest absolute Gasteiger partial charge is 0.355 e. The number of nitrogens with zero attached hydrogens (tertiary/aromatic N) is 1. The van der Waals surface area contributed by atoms with Crippen LogP contribution in [-0.4, -0.2) is 42.2 Å². The lowest BCUT2D eigenvalue weighted by molar-refractivity contribution is -0.126. The zero-order valence-corrected chi connectivity index (χ0v) is 14.4. The molecule has 1 aliphatic heterocycles. The van der Waals surface area contributed by atoms with Crippen molar-refractivity contribution in [1.82, 2.24) is 10.2 Å². The van der Waals surface area contributed by atoms with E-state index in [0.29, 0.717) is 19.6 Å². The molecule has 5 nitrogen and oxygen atoms in total. The summed E-state index contributed by atoms with van der Waals surface area (Å²) in [5.74, 6) is 1.75. The van der Waals surface area contributed by atoms with Crippen molar-refractivity contribution in [2.75, 3.05) is 25.4 Å². The maximum absolute atomic E-state index is 12.2. The van der Waals surface area contributed by atoms with Gasteiger partial charge in [0, 0.05) is 31.1 Å². The van der Waals surface area contributed by atoms with Crippen LogP contribution in [0.15, 0.2) is 24.3 Å². The minimum Gasteiger partial charge on any atom is -0.355 e. The van der Waals surface area contributed by atoms with Crippen LogP contribution in [0.1, 0.15) is 24.0 Å². The lowest BCUT2D eigenvalue weighted by atomic mass is 9.97. The van der Waals surface area contributed by atoms with E-state index in [4.69, 9.17) is 5.73 Å². The van der Waals surface area contributed by atoms with Crippen molar-refractivity contribution in [3.63, 3.8) is 0 Å². The van der Waals surface area contributed by atoms with E-state index in [1.165, 1.54) is 11.1 Å². The second-order valence-corrected chi connectivity index (χ2v) is 7.00. The van der Waals surface area contributed by atoms with Gasteiger partial charge in [-0.25, -0.2) is 4.79 Å². The first kappa shape index (κ1) is 17.7. The lowest BCUT2D eigenvalue weighted by Crippen LogP contribution is -2.47. The Morgan fingerprint density at radius 3 is 2.91 bits per heavy atom. The molecule has 0 bridgehead atoms. The monoisotopic (exact) mass is 335 g/mol. The molecule has 2 rings (SSSR count). The van der Waals surface area contributed by atoms with Gasteiger partial charge in [-0.3, -0.25) is 4.79 Å². The van der Waals surface area contributed by atoms with Gasteiger partial charge in [-0.1, -0.05) is 24.3 Å². The lowest BCUT2D eigenvalue weighted by Gasteiger charge is -2.30. The molecule has 1 heterocycles. The maximum atomic E-state index is 12.2. The predicted octanol–water partition coefficient (Wildman–Crippen LogP) is 2.14. The van der Waals surface area contributed by atoms with Gasteiger partial charge in [-0.2, -0.15) is 11.8 Å². The molecule has 0 aliphatic carbocycles. The molecule has 0 aromatic heterocycles. The summed E-state index contributed by atoms with van der Waals surface area (Å²) in [6.45, 7) is 3.87. The number of nitrogens with two attached hydrogens (primary N) is 1. The third kappa shape index (κ3) is 5.46. The molecule has 3 amide bonds. The molecule has 6 heteroatoms. The number of carbonyl (C=O) groups excluding carboxylic acids is 2. The second kappa shape index (κ2) is 8.82. The van der Waals surface area contributed by atoms with Crippen molar-refractivity contribution in [2.24, 2.45) is 11.7 Å². The van der Waals surface area contributed by atoms with Gasteiger partial charge in [0.1, 0.15) is 0 Å². The molecule has 1 atom stereocenters. The smallest absolute Gasteiger partial charge is 0.314 e. The van der Waals surface area contributed by atoms with Crippen molar-refractivity contribution < 1.29 is 9.59 Å². The quantitative estimate of drug-likeness (QED) is 0.782.